The Hall–Kier alpha value is -2.02. The number of hydrogen-bond donors (Lipinski definition) is 3. The molecule has 3 aliphatic rings. The summed E-state index contributed by atoms with van der Waals surface area (Å²) in [5.41, 5.74) is 0.346. The quantitative estimate of drug-likeness (QED) is 0.504. The van der Waals surface area contributed by atoms with E-state index in [4.69, 9.17) is 0 Å². The van der Waals surface area contributed by atoms with Crippen molar-refractivity contribution in [2.75, 3.05) is 0 Å². The molecule has 1 aromatic rings. The first-order valence-electron chi connectivity index (χ1n) is 13.8. The fourth-order valence-electron chi connectivity index (χ4n) is 7.42. The molecule has 200 valence electrons. The van der Waals surface area contributed by atoms with Crippen molar-refractivity contribution in [2.45, 2.75) is 97.2 Å². The Morgan fingerprint density at radius 1 is 1.06 bits per heavy atom. The van der Waals surface area contributed by atoms with E-state index < -0.39 is 23.7 Å². The third kappa shape index (κ3) is 5.76. The van der Waals surface area contributed by atoms with Crippen molar-refractivity contribution in [3.63, 3.8) is 0 Å². The number of aliphatic hydroxyl groups excluding tert-OH is 1. The number of carbonyl (C=O) groups excluding carboxylic acids is 2. The van der Waals surface area contributed by atoms with E-state index in [0.29, 0.717) is 5.56 Å². The average molecular weight is 505 g/mol. The Bertz CT molecular complexity index is 930. The summed E-state index contributed by atoms with van der Waals surface area (Å²) in [6.45, 7) is 6.25. The summed E-state index contributed by atoms with van der Waals surface area (Å²) in [6.07, 6.45) is 8.28. The molecule has 3 fully saturated rings. The summed E-state index contributed by atoms with van der Waals surface area (Å²) < 4.78 is 27.0. The average Bonchev–Trinajstić information content (AvgIpc) is 2.84. The molecule has 7 atom stereocenters. The van der Waals surface area contributed by atoms with E-state index in [1.165, 1.54) is 18.6 Å². The van der Waals surface area contributed by atoms with Crippen LogP contribution in [0.3, 0.4) is 0 Å². The van der Waals surface area contributed by atoms with Gasteiger partial charge >= 0.3 is 0 Å². The van der Waals surface area contributed by atoms with Gasteiger partial charge in [-0.15, -0.1) is 0 Å². The number of hydrogen-bond acceptors (Lipinski definition) is 3. The molecule has 36 heavy (non-hydrogen) atoms. The van der Waals surface area contributed by atoms with Crippen molar-refractivity contribution in [2.24, 2.45) is 35.0 Å². The lowest BCUT2D eigenvalue weighted by atomic mass is 9.51. The first-order valence-corrected chi connectivity index (χ1v) is 13.8. The minimum atomic E-state index is -0.675. The molecule has 0 aliphatic heterocycles. The highest BCUT2D eigenvalue weighted by Gasteiger charge is 2.54. The molecule has 0 unspecified atom stereocenters. The van der Waals surface area contributed by atoms with Gasteiger partial charge < -0.3 is 15.7 Å². The predicted octanol–water partition coefficient (Wildman–Crippen LogP) is 5.11. The lowest BCUT2D eigenvalue weighted by Crippen LogP contribution is -2.59. The summed E-state index contributed by atoms with van der Waals surface area (Å²) in [5.74, 6) is -1.84. The molecule has 3 aliphatic carbocycles. The van der Waals surface area contributed by atoms with E-state index in [1.807, 2.05) is 6.92 Å². The SMILES string of the molecule is C[C@H]1[C@@H]2[C@@H](O)[C@H]([C@H](C)C(=O)NCc3cc(F)cc(F)c3)CC[C@@]2(C)CC[C@@H]1NC(=O)C1CCCCC1. The van der Waals surface area contributed by atoms with Crippen molar-refractivity contribution in [1.29, 1.82) is 0 Å². The van der Waals surface area contributed by atoms with Crippen LogP contribution in [0.1, 0.15) is 84.1 Å². The molecule has 2 amide bonds. The van der Waals surface area contributed by atoms with Gasteiger partial charge in [0.05, 0.1) is 6.10 Å². The second-order valence-corrected chi connectivity index (χ2v) is 12.0. The third-order valence-corrected chi connectivity index (χ3v) is 9.64. The van der Waals surface area contributed by atoms with Gasteiger partial charge in [-0.1, -0.05) is 40.0 Å². The summed E-state index contributed by atoms with van der Waals surface area (Å²) in [5, 5.41) is 17.7. The maximum absolute atomic E-state index is 13.5. The number of rotatable bonds is 6. The summed E-state index contributed by atoms with van der Waals surface area (Å²) in [7, 11) is 0. The first-order chi connectivity index (χ1) is 17.1. The molecule has 0 aromatic heterocycles. The summed E-state index contributed by atoms with van der Waals surface area (Å²) in [4.78, 5) is 25.9. The summed E-state index contributed by atoms with van der Waals surface area (Å²) in [6, 6.07) is 3.26. The van der Waals surface area contributed by atoms with Crippen molar-refractivity contribution < 1.29 is 23.5 Å². The zero-order valence-electron chi connectivity index (χ0n) is 21.9. The third-order valence-electron chi connectivity index (χ3n) is 9.64. The van der Waals surface area contributed by atoms with Crippen LogP contribution in [0.5, 0.6) is 0 Å². The van der Waals surface area contributed by atoms with Gasteiger partial charge in [0, 0.05) is 30.5 Å². The van der Waals surface area contributed by atoms with Gasteiger partial charge in [0.15, 0.2) is 0 Å². The Morgan fingerprint density at radius 2 is 1.69 bits per heavy atom. The minimum Gasteiger partial charge on any atom is -0.392 e. The van der Waals surface area contributed by atoms with Crippen LogP contribution in [0.25, 0.3) is 0 Å². The van der Waals surface area contributed by atoms with Crippen LogP contribution < -0.4 is 10.6 Å². The van der Waals surface area contributed by atoms with Crippen LogP contribution in [-0.2, 0) is 16.1 Å². The zero-order valence-corrected chi connectivity index (χ0v) is 21.9. The molecule has 4 rings (SSSR count). The Kier molecular flexibility index (Phi) is 8.38. The normalized spacial score (nSPS) is 33.9. The van der Waals surface area contributed by atoms with Crippen LogP contribution in [0.4, 0.5) is 8.78 Å². The molecule has 0 saturated heterocycles. The molecule has 7 heteroatoms. The van der Waals surface area contributed by atoms with Gasteiger partial charge in [-0.25, -0.2) is 8.78 Å². The van der Waals surface area contributed by atoms with E-state index in [1.54, 1.807) is 0 Å². The fourth-order valence-corrected chi connectivity index (χ4v) is 7.42. The van der Waals surface area contributed by atoms with Crippen molar-refractivity contribution in [3.05, 3.63) is 35.4 Å². The molecule has 0 radical (unpaired) electrons. The van der Waals surface area contributed by atoms with E-state index in [9.17, 15) is 23.5 Å². The van der Waals surface area contributed by atoms with Crippen molar-refractivity contribution in [3.8, 4) is 0 Å². The van der Waals surface area contributed by atoms with E-state index in [0.717, 1.165) is 57.4 Å². The Balaban J connectivity index is 1.39. The maximum atomic E-state index is 13.5. The van der Waals surface area contributed by atoms with Gasteiger partial charge in [0.1, 0.15) is 11.6 Å². The van der Waals surface area contributed by atoms with Gasteiger partial charge in [-0.2, -0.15) is 0 Å². The van der Waals surface area contributed by atoms with Crippen LogP contribution >= 0.6 is 0 Å². The standard InChI is InChI=1S/C29H42F2N2O3/c1-17(27(35)32-16-19-13-21(30)15-22(31)14-19)23-9-11-29(3)12-10-24(18(2)25(29)26(23)34)33-28(36)20-7-5-4-6-8-20/h13-15,17-18,20,23-26,34H,4-12,16H2,1-3H3,(H,32,35)(H,33,36)/t17-,18+,23-,24-,25+,26-,29-/m0/s1. The molecule has 0 spiro atoms. The molecule has 0 bridgehead atoms. The number of benzene rings is 1. The highest BCUT2D eigenvalue weighted by molar-refractivity contribution is 5.79. The van der Waals surface area contributed by atoms with Crippen LogP contribution in [-0.4, -0.2) is 29.1 Å². The monoisotopic (exact) mass is 504 g/mol. The number of carbonyl (C=O) groups is 2. The predicted molar refractivity (Wildman–Crippen MR) is 135 cm³/mol. The second-order valence-electron chi connectivity index (χ2n) is 12.0. The lowest BCUT2D eigenvalue weighted by Gasteiger charge is -2.56. The molecular weight excluding hydrogens is 462 g/mol. The number of fused-ring (bicyclic) bond motifs is 1. The second kappa shape index (κ2) is 11.2. The van der Waals surface area contributed by atoms with Gasteiger partial charge in [-0.3, -0.25) is 9.59 Å². The number of amides is 2. The van der Waals surface area contributed by atoms with Crippen LogP contribution in [0.15, 0.2) is 18.2 Å². The molecule has 3 N–H and O–H groups in total. The summed E-state index contributed by atoms with van der Waals surface area (Å²) >= 11 is 0. The first kappa shape index (κ1) is 27.0. The van der Waals surface area contributed by atoms with Gasteiger partial charge in [0.2, 0.25) is 11.8 Å². The molecule has 5 nitrogen and oxygen atoms in total. The van der Waals surface area contributed by atoms with Crippen LogP contribution in [0.2, 0.25) is 0 Å². The van der Waals surface area contributed by atoms with Crippen LogP contribution in [0, 0.1) is 46.6 Å². The largest absolute Gasteiger partial charge is 0.392 e. The highest BCUT2D eigenvalue weighted by atomic mass is 19.1. The zero-order chi connectivity index (χ0) is 26.0. The lowest BCUT2D eigenvalue weighted by molar-refractivity contribution is -0.144. The highest BCUT2D eigenvalue weighted by Crippen LogP contribution is 2.55. The smallest absolute Gasteiger partial charge is 0.223 e. The van der Waals surface area contributed by atoms with Crippen molar-refractivity contribution in [1.82, 2.24) is 10.6 Å². The van der Waals surface area contributed by atoms with E-state index in [2.05, 4.69) is 24.5 Å². The number of nitrogens with one attached hydrogen (secondary N) is 2. The molecule has 1 aromatic carbocycles. The van der Waals surface area contributed by atoms with Crippen molar-refractivity contribution >= 4 is 11.8 Å². The van der Waals surface area contributed by atoms with Gasteiger partial charge in [0.25, 0.3) is 0 Å². The molecule has 3 saturated carbocycles. The fraction of sp³-hybridized carbons (Fsp3) is 0.724. The maximum Gasteiger partial charge on any atom is 0.223 e. The minimum absolute atomic E-state index is 0.00535. The Morgan fingerprint density at radius 3 is 2.36 bits per heavy atom. The number of halogens is 2. The topological polar surface area (TPSA) is 78.4 Å². The Labute approximate surface area is 213 Å². The number of aliphatic hydroxyl groups is 1. The van der Waals surface area contributed by atoms with E-state index >= 15 is 0 Å². The molecular formula is C29H42F2N2O3. The molecule has 0 heterocycles. The van der Waals surface area contributed by atoms with E-state index in [-0.39, 0.29) is 53.5 Å². The van der Waals surface area contributed by atoms with Gasteiger partial charge in [-0.05, 0) is 79.4 Å².